The molecule has 2 rings (SSSR count). The molecule has 0 saturated heterocycles. The Bertz CT molecular complexity index is 635. The fraction of sp³-hybridized carbons (Fsp3) is 0.267. The molecular weight excluding hydrogens is 388 g/mol. The molecule has 0 aliphatic rings. The Labute approximate surface area is 146 Å². The Hall–Kier alpha value is -1.24. The first-order valence-electron chi connectivity index (χ1n) is 6.75. The molecule has 1 amide bonds. The Morgan fingerprint density at radius 3 is 2.95 bits per heavy atom. The van der Waals surface area contributed by atoms with E-state index < -0.39 is 0 Å². The van der Waals surface area contributed by atoms with Crippen molar-refractivity contribution >= 4 is 50.5 Å². The fourth-order valence-corrected chi connectivity index (χ4v) is 3.39. The highest BCUT2D eigenvalue weighted by Crippen LogP contribution is 2.36. The summed E-state index contributed by atoms with van der Waals surface area (Å²) in [6.45, 7) is 3.12. The van der Waals surface area contributed by atoms with Crippen LogP contribution in [0.25, 0.3) is 0 Å². The van der Waals surface area contributed by atoms with Crippen LogP contribution in [0.3, 0.4) is 0 Å². The van der Waals surface area contributed by atoms with Crippen molar-refractivity contribution in [3.8, 4) is 5.75 Å². The molecule has 1 aromatic heterocycles. The van der Waals surface area contributed by atoms with Crippen molar-refractivity contribution in [2.45, 2.75) is 13.5 Å². The maximum atomic E-state index is 11.9. The molecule has 2 N–H and O–H groups in total. The Kier molecular flexibility index (Phi) is 6.54. The van der Waals surface area contributed by atoms with Crippen LogP contribution in [0.2, 0.25) is 5.02 Å². The van der Waals surface area contributed by atoms with E-state index in [4.69, 9.17) is 16.3 Å². The first-order chi connectivity index (χ1) is 10.6. The van der Waals surface area contributed by atoms with Crippen LogP contribution in [0, 0.1) is 0 Å². The summed E-state index contributed by atoms with van der Waals surface area (Å²) in [5.41, 5.74) is 0.687. The molecule has 0 fully saturated rings. The van der Waals surface area contributed by atoms with Crippen molar-refractivity contribution in [3.63, 3.8) is 0 Å². The molecule has 0 spiro atoms. The van der Waals surface area contributed by atoms with Gasteiger partial charge in [0.15, 0.2) is 5.75 Å². The Balaban J connectivity index is 1.94. The second kappa shape index (κ2) is 8.41. The number of amides is 1. The van der Waals surface area contributed by atoms with Crippen LogP contribution in [0.4, 0.5) is 5.69 Å². The van der Waals surface area contributed by atoms with Gasteiger partial charge in [0.05, 0.1) is 29.9 Å². The number of carbonyl (C=O) groups is 1. The second-order valence-corrected chi connectivity index (χ2v) is 6.73. The number of rotatable bonds is 7. The molecule has 0 aliphatic carbocycles. The van der Waals surface area contributed by atoms with Crippen LogP contribution in [-0.4, -0.2) is 19.1 Å². The van der Waals surface area contributed by atoms with Gasteiger partial charge in [0.1, 0.15) is 0 Å². The zero-order valence-electron chi connectivity index (χ0n) is 12.0. The number of thiophene rings is 1. The first kappa shape index (κ1) is 17.1. The smallest absolute Gasteiger partial charge is 0.239 e. The molecule has 0 bridgehead atoms. The standard InChI is InChI=1S/C15H16BrClN2O2S/c1-2-21-15-12(16)6-10(17)7-13(15)18-9-14(20)19-8-11-4-3-5-22-11/h3-7,18H,2,8-9H2,1H3,(H,19,20). The largest absolute Gasteiger partial charge is 0.491 e. The van der Waals surface area contributed by atoms with Crippen molar-refractivity contribution in [2.75, 3.05) is 18.5 Å². The van der Waals surface area contributed by atoms with Crippen LogP contribution < -0.4 is 15.4 Å². The maximum absolute atomic E-state index is 11.9. The third kappa shape index (κ3) is 4.90. The summed E-state index contributed by atoms with van der Waals surface area (Å²) in [5, 5.41) is 8.47. The van der Waals surface area contributed by atoms with Gasteiger partial charge in [-0.1, -0.05) is 17.7 Å². The van der Waals surface area contributed by atoms with Crippen LogP contribution >= 0.6 is 38.9 Å². The minimum absolute atomic E-state index is 0.0908. The maximum Gasteiger partial charge on any atom is 0.239 e. The van der Waals surface area contributed by atoms with Gasteiger partial charge in [-0.3, -0.25) is 4.79 Å². The van der Waals surface area contributed by atoms with Crippen LogP contribution in [0.1, 0.15) is 11.8 Å². The van der Waals surface area contributed by atoms with E-state index in [1.54, 1.807) is 23.5 Å². The zero-order chi connectivity index (χ0) is 15.9. The lowest BCUT2D eigenvalue weighted by molar-refractivity contribution is -0.119. The third-order valence-electron chi connectivity index (χ3n) is 2.78. The van der Waals surface area contributed by atoms with E-state index in [1.807, 2.05) is 24.4 Å². The molecule has 7 heteroatoms. The summed E-state index contributed by atoms with van der Waals surface area (Å²) in [5.74, 6) is 0.560. The second-order valence-electron chi connectivity index (χ2n) is 4.41. The topological polar surface area (TPSA) is 50.4 Å². The van der Waals surface area contributed by atoms with Gasteiger partial charge in [-0.15, -0.1) is 11.3 Å². The zero-order valence-corrected chi connectivity index (χ0v) is 15.1. The van der Waals surface area contributed by atoms with Gasteiger partial charge in [0.25, 0.3) is 0 Å². The number of ether oxygens (including phenoxy) is 1. The monoisotopic (exact) mass is 402 g/mol. The molecule has 1 heterocycles. The Morgan fingerprint density at radius 2 is 2.27 bits per heavy atom. The summed E-state index contributed by atoms with van der Waals surface area (Å²) >= 11 is 11.1. The molecule has 0 radical (unpaired) electrons. The lowest BCUT2D eigenvalue weighted by Gasteiger charge is -2.14. The van der Waals surface area contributed by atoms with Crippen molar-refractivity contribution in [1.82, 2.24) is 5.32 Å². The summed E-state index contributed by atoms with van der Waals surface area (Å²) in [4.78, 5) is 13.0. The predicted octanol–water partition coefficient (Wildman–Crippen LogP) is 4.29. The van der Waals surface area contributed by atoms with Gasteiger partial charge >= 0.3 is 0 Å². The number of hydrogen-bond acceptors (Lipinski definition) is 4. The van der Waals surface area contributed by atoms with E-state index in [1.165, 1.54) is 0 Å². The average Bonchev–Trinajstić information content (AvgIpc) is 2.99. The van der Waals surface area contributed by atoms with Gasteiger partial charge < -0.3 is 15.4 Å². The molecular formula is C15H16BrClN2O2S. The molecule has 0 aliphatic heterocycles. The van der Waals surface area contributed by atoms with E-state index >= 15 is 0 Å². The number of nitrogens with one attached hydrogen (secondary N) is 2. The summed E-state index contributed by atoms with van der Waals surface area (Å²) < 4.78 is 6.33. The lowest BCUT2D eigenvalue weighted by atomic mass is 10.3. The van der Waals surface area contributed by atoms with Crippen LogP contribution in [0.15, 0.2) is 34.1 Å². The molecule has 0 saturated carbocycles. The number of carbonyl (C=O) groups excluding carboxylic acids is 1. The third-order valence-corrected chi connectivity index (χ3v) is 4.46. The molecule has 2 aromatic rings. The number of anilines is 1. The quantitative estimate of drug-likeness (QED) is 0.725. The SMILES string of the molecule is CCOc1c(Br)cc(Cl)cc1NCC(=O)NCc1cccs1. The highest BCUT2D eigenvalue weighted by atomic mass is 79.9. The molecule has 22 heavy (non-hydrogen) atoms. The summed E-state index contributed by atoms with van der Waals surface area (Å²) in [7, 11) is 0. The lowest BCUT2D eigenvalue weighted by Crippen LogP contribution is -2.29. The van der Waals surface area contributed by atoms with Crippen molar-refractivity contribution in [2.24, 2.45) is 0 Å². The predicted molar refractivity (Wildman–Crippen MR) is 95.0 cm³/mol. The number of halogens is 2. The molecule has 1 aromatic carbocycles. The highest BCUT2D eigenvalue weighted by molar-refractivity contribution is 9.10. The minimum Gasteiger partial charge on any atom is -0.491 e. The number of benzene rings is 1. The van der Waals surface area contributed by atoms with Crippen molar-refractivity contribution < 1.29 is 9.53 Å². The van der Waals surface area contributed by atoms with Gasteiger partial charge in [0, 0.05) is 9.90 Å². The average molecular weight is 404 g/mol. The van der Waals surface area contributed by atoms with Gasteiger partial charge in [0.2, 0.25) is 5.91 Å². The van der Waals surface area contributed by atoms with Crippen LogP contribution in [0.5, 0.6) is 5.75 Å². The minimum atomic E-state index is -0.0908. The fourth-order valence-electron chi connectivity index (χ4n) is 1.82. The summed E-state index contributed by atoms with van der Waals surface area (Å²) in [6.07, 6.45) is 0. The number of hydrogen-bond donors (Lipinski definition) is 2. The van der Waals surface area contributed by atoms with Gasteiger partial charge in [-0.2, -0.15) is 0 Å². The molecule has 0 atom stereocenters. The normalized spacial score (nSPS) is 10.3. The van der Waals surface area contributed by atoms with E-state index in [9.17, 15) is 4.79 Å². The summed E-state index contributed by atoms with van der Waals surface area (Å²) in [6, 6.07) is 7.44. The van der Waals surface area contributed by atoms with Gasteiger partial charge in [-0.05, 0) is 46.4 Å². The van der Waals surface area contributed by atoms with Gasteiger partial charge in [-0.25, -0.2) is 0 Å². The van der Waals surface area contributed by atoms with E-state index in [0.717, 1.165) is 9.35 Å². The molecule has 118 valence electrons. The van der Waals surface area contributed by atoms with Crippen LogP contribution in [-0.2, 0) is 11.3 Å². The van der Waals surface area contributed by atoms with E-state index in [2.05, 4.69) is 26.6 Å². The van der Waals surface area contributed by atoms with Crippen molar-refractivity contribution in [3.05, 3.63) is 44.0 Å². The molecule has 4 nitrogen and oxygen atoms in total. The first-order valence-corrected chi connectivity index (χ1v) is 8.80. The highest BCUT2D eigenvalue weighted by Gasteiger charge is 2.11. The Morgan fingerprint density at radius 1 is 1.45 bits per heavy atom. The van der Waals surface area contributed by atoms with E-state index in [0.29, 0.717) is 29.6 Å². The van der Waals surface area contributed by atoms with Crippen molar-refractivity contribution in [1.29, 1.82) is 0 Å². The molecule has 0 unspecified atom stereocenters. The van der Waals surface area contributed by atoms with E-state index in [-0.39, 0.29) is 12.5 Å².